The number of hydrogen-bond donors (Lipinski definition) is 4. The molecule has 5 N–H and O–H groups in total. The molecule has 1 unspecified atom stereocenters. The number of hydrogen-bond acceptors (Lipinski definition) is 4. The highest BCUT2D eigenvalue weighted by molar-refractivity contribution is 5.79. The van der Waals surface area contributed by atoms with Gasteiger partial charge in [0.15, 0.2) is 0 Å². The van der Waals surface area contributed by atoms with Crippen LogP contribution in [0.1, 0.15) is 26.7 Å². The largest absolute Gasteiger partial charge is 0.409 e. The summed E-state index contributed by atoms with van der Waals surface area (Å²) < 4.78 is 0. The highest BCUT2D eigenvalue weighted by Gasteiger charge is 2.19. The normalized spacial score (nSPS) is 17.0. The summed E-state index contributed by atoms with van der Waals surface area (Å²) in [6, 6.07) is 0. The molecule has 0 aromatic rings. The van der Waals surface area contributed by atoms with E-state index >= 15 is 0 Å². The van der Waals surface area contributed by atoms with Gasteiger partial charge in [-0.15, -0.1) is 0 Å². The van der Waals surface area contributed by atoms with Crippen molar-refractivity contribution in [3.8, 4) is 0 Å². The fraction of sp³-hybridized carbons (Fsp3) is 0.875. The third-order valence-corrected chi connectivity index (χ3v) is 2.19. The Hall–Kier alpha value is -0.810. The zero-order chi connectivity index (χ0) is 10.3. The topological polar surface area (TPSA) is 90.9 Å². The van der Waals surface area contributed by atoms with E-state index in [4.69, 9.17) is 16.0 Å². The summed E-state index contributed by atoms with van der Waals surface area (Å²) in [5, 5.41) is 23.3. The van der Waals surface area contributed by atoms with Gasteiger partial charge in [-0.2, -0.15) is 0 Å². The first-order valence-corrected chi connectivity index (χ1v) is 4.40. The number of oxime groups is 1. The van der Waals surface area contributed by atoms with Crippen molar-refractivity contribution in [2.45, 2.75) is 32.2 Å². The molecule has 0 spiro atoms. The van der Waals surface area contributed by atoms with Crippen molar-refractivity contribution in [3.63, 3.8) is 0 Å². The van der Waals surface area contributed by atoms with E-state index in [1.54, 1.807) is 0 Å². The lowest BCUT2D eigenvalue weighted by Crippen LogP contribution is -2.46. The quantitative estimate of drug-likeness (QED) is 0.203. The zero-order valence-corrected chi connectivity index (χ0v) is 8.25. The van der Waals surface area contributed by atoms with Crippen LogP contribution in [0.4, 0.5) is 0 Å². The van der Waals surface area contributed by atoms with Crippen molar-refractivity contribution in [3.05, 3.63) is 0 Å². The number of nitrogens with two attached hydrogens (primary N) is 1. The molecule has 0 aliphatic heterocycles. The summed E-state index contributed by atoms with van der Waals surface area (Å²) in [5.41, 5.74) is 5.01. The first kappa shape index (κ1) is 12.2. The third kappa shape index (κ3) is 4.69. The second kappa shape index (κ2) is 5.77. The number of nitrogens with one attached hydrogen (secondary N) is 1. The molecule has 13 heavy (non-hydrogen) atoms. The standard InChI is InChI=1S/C8H19N3O2/c1-3-8(2,6-12)10-5-4-7(9)11-13/h10,12-13H,3-6H2,1-2H3,(H2,9,11). The highest BCUT2D eigenvalue weighted by Crippen LogP contribution is 2.06. The van der Waals surface area contributed by atoms with Gasteiger partial charge in [-0.05, 0) is 13.3 Å². The molecule has 0 saturated heterocycles. The second-order valence-corrected chi connectivity index (χ2v) is 3.34. The molecule has 0 amide bonds. The molecule has 5 heteroatoms. The fourth-order valence-electron chi connectivity index (χ4n) is 0.835. The summed E-state index contributed by atoms with van der Waals surface area (Å²) in [5.74, 6) is 0.198. The number of rotatable bonds is 6. The van der Waals surface area contributed by atoms with Crippen LogP contribution in [0.5, 0.6) is 0 Å². The summed E-state index contributed by atoms with van der Waals surface area (Å²) in [4.78, 5) is 0. The average Bonchev–Trinajstić information content (AvgIpc) is 2.17. The molecule has 5 nitrogen and oxygen atoms in total. The van der Waals surface area contributed by atoms with Crippen molar-refractivity contribution in [1.29, 1.82) is 0 Å². The smallest absolute Gasteiger partial charge is 0.140 e. The molecule has 0 heterocycles. The Morgan fingerprint density at radius 1 is 1.62 bits per heavy atom. The molecule has 0 aromatic heterocycles. The highest BCUT2D eigenvalue weighted by atomic mass is 16.4. The summed E-state index contributed by atoms with van der Waals surface area (Å²) in [6.07, 6.45) is 1.31. The van der Waals surface area contributed by atoms with Crippen LogP contribution in [0, 0.1) is 0 Å². The molecule has 1 atom stereocenters. The van der Waals surface area contributed by atoms with E-state index in [0.717, 1.165) is 6.42 Å². The lowest BCUT2D eigenvalue weighted by Gasteiger charge is -2.27. The molecule has 78 valence electrons. The lowest BCUT2D eigenvalue weighted by molar-refractivity contribution is 0.171. The first-order valence-electron chi connectivity index (χ1n) is 4.40. The molecule has 0 aliphatic rings. The van der Waals surface area contributed by atoms with Crippen LogP contribution in [0.25, 0.3) is 0 Å². The fourth-order valence-corrected chi connectivity index (χ4v) is 0.835. The minimum Gasteiger partial charge on any atom is -0.409 e. The van der Waals surface area contributed by atoms with Gasteiger partial charge in [-0.3, -0.25) is 0 Å². The Morgan fingerprint density at radius 2 is 2.23 bits per heavy atom. The molecular weight excluding hydrogens is 170 g/mol. The van der Waals surface area contributed by atoms with Gasteiger partial charge in [0.05, 0.1) is 6.61 Å². The maximum absolute atomic E-state index is 9.03. The molecule has 0 rings (SSSR count). The monoisotopic (exact) mass is 189 g/mol. The van der Waals surface area contributed by atoms with Crippen LogP contribution in [-0.4, -0.2) is 34.8 Å². The summed E-state index contributed by atoms with van der Waals surface area (Å²) in [7, 11) is 0. The van der Waals surface area contributed by atoms with Gasteiger partial charge in [0.1, 0.15) is 5.84 Å². The predicted molar refractivity (Wildman–Crippen MR) is 51.8 cm³/mol. The second-order valence-electron chi connectivity index (χ2n) is 3.34. The van der Waals surface area contributed by atoms with Crippen molar-refractivity contribution >= 4 is 5.84 Å². The van der Waals surface area contributed by atoms with E-state index < -0.39 is 0 Å². The average molecular weight is 189 g/mol. The van der Waals surface area contributed by atoms with Crippen LogP contribution in [0.3, 0.4) is 0 Å². The van der Waals surface area contributed by atoms with Gasteiger partial charge >= 0.3 is 0 Å². The van der Waals surface area contributed by atoms with Crippen molar-refractivity contribution in [2.24, 2.45) is 10.9 Å². The van der Waals surface area contributed by atoms with Gasteiger partial charge in [-0.1, -0.05) is 12.1 Å². The SMILES string of the molecule is CCC(C)(CO)NCCC(N)=NO. The third-order valence-electron chi connectivity index (χ3n) is 2.19. The summed E-state index contributed by atoms with van der Waals surface area (Å²) in [6.45, 7) is 4.60. The van der Waals surface area contributed by atoms with Crippen LogP contribution in [0.2, 0.25) is 0 Å². The maximum Gasteiger partial charge on any atom is 0.140 e. The molecule has 0 fully saturated rings. The predicted octanol–water partition coefficient (Wildman–Crippen LogP) is -0.126. The van der Waals surface area contributed by atoms with E-state index in [1.807, 2.05) is 13.8 Å². The van der Waals surface area contributed by atoms with Gasteiger partial charge < -0.3 is 21.4 Å². The maximum atomic E-state index is 9.03. The van der Waals surface area contributed by atoms with E-state index in [1.165, 1.54) is 0 Å². The van der Waals surface area contributed by atoms with Crippen LogP contribution in [-0.2, 0) is 0 Å². The number of amidine groups is 1. The number of aliphatic hydroxyl groups is 1. The Labute approximate surface area is 78.6 Å². The molecule has 0 aromatic carbocycles. The summed E-state index contributed by atoms with van der Waals surface area (Å²) >= 11 is 0. The zero-order valence-electron chi connectivity index (χ0n) is 8.25. The van der Waals surface area contributed by atoms with E-state index in [9.17, 15) is 0 Å². The Balaban J connectivity index is 3.74. The minimum atomic E-state index is -0.268. The van der Waals surface area contributed by atoms with E-state index in [0.29, 0.717) is 13.0 Å². The molecule has 0 aliphatic carbocycles. The van der Waals surface area contributed by atoms with Crippen LogP contribution < -0.4 is 11.1 Å². The van der Waals surface area contributed by atoms with E-state index in [2.05, 4.69) is 10.5 Å². The van der Waals surface area contributed by atoms with Crippen molar-refractivity contribution in [2.75, 3.05) is 13.2 Å². The molecule has 0 radical (unpaired) electrons. The van der Waals surface area contributed by atoms with Crippen molar-refractivity contribution < 1.29 is 10.3 Å². The van der Waals surface area contributed by atoms with Gasteiger partial charge in [0.25, 0.3) is 0 Å². The Kier molecular flexibility index (Phi) is 5.41. The molecule has 0 bridgehead atoms. The van der Waals surface area contributed by atoms with Crippen LogP contribution in [0.15, 0.2) is 5.16 Å². The van der Waals surface area contributed by atoms with Gasteiger partial charge in [0, 0.05) is 18.5 Å². The van der Waals surface area contributed by atoms with Gasteiger partial charge in [0.2, 0.25) is 0 Å². The minimum absolute atomic E-state index is 0.0830. The van der Waals surface area contributed by atoms with Crippen LogP contribution >= 0.6 is 0 Å². The first-order chi connectivity index (χ1) is 6.08. The molecule has 0 saturated carbocycles. The Bertz CT molecular complexity index is 167. The molecular formula is C8H19N3O2. The number of aliphatic hydroxyl groups excluding tert-OH is 1. The number of nitrogens with zero attached hydrogens (tertiary/aromatic N) is 1. The Morgan fingerprint density at radius 3 is 2.62 bits per heavy atom. The van der Waals surface area contributed by atoms with Crippen molar-refractivity contribution in [1.82, 2.24) is 5.32 Å². The van der Waals surface area contributed by atoms with E-state index in [-0.39, 0.29) is 18.0 Å². The lowest BCUT2D eigenvalue weighted by atomic mass is 10.0. The van der Waals surface area contributed by atoms with Gasteiger partial charge in [-0.25, -0.2) is 0 Å².